The Bertz CT molecular complexity index is 1360. The maximum atomic E-state index is 13.7. The van der Waals surface area contributed by atoms with Crippen molar-refractivity contribution in [3.8, 4) is 0 Å². The quantitative estimate of drug-likeness (QED) is 0.490. The van der Waals surface area contributed by atoms with Gasteiger partial charge in [0.2, 0.25) is 0 Å². The van der Waals surface area contributed by atoms with Crippen molar-refractivity contribution in [1.29, 1.82) is 0 Å². The standard InChI is InChI=1S/C24H21FN2O3S/c1-17-6-10-20(11-7-17)31(29,30)27-15-13-19-9-8-18(16-23(19)27)12-14-26-24(28)21-4-2-3-5-22(21)25/h2-11,13,15-16H,12,14H2,1H3,(H,26,28). The minimum atomic E-state index is -3.73. The monoisotopic (exact) mass is 436 g/mol. The number of hydrogen-bond donors (Lipinski definition) is 1. The Hall–Kier alpha value is -3.45. The summed E-state index contributed by atoms with van der Waals surface area (Å²) in [6.07, 6.45) is 2.02. The first-order valence-electron chi connectivity index (χ1n) is 9.81. The second-order valence-corrected chi connectivity index (χ2v) is 9.12. The molecule has 5 nitrogen and oxygen atoms in total. The predicted octanol–water partition coefficient (Wildman–Crippen LogP) is 4.30. The maximum absolute atomic E-state index is 13.7. The summed E-state index contributed by atoms with van der Waals surface area (Å²) in [6.45, 7) is 2.20. The van der Waals surface area contributed by atoms with Crippen LogP contribution in [-0.4, -0.2) is 24.8 Å². The van der Waals surface area contributed by atoms with Crippen LogP contribution < -0.4 is 5.32 Å². The number of halogens is 1. The zero-order valence-electron chi connectivity index (χ0n) is 16.9. The van der Waals surface area contributed by atoms with E-state index >= 15 is 0 Å². The molecule has 0 aliphatic carbocycles. The number of amides is 1. The van der Waals surface area contributed by atoms with Crippen LogP contribution in [0.5, 0.6) is 0 Å². The Morgan fingerprint density at radius 1 is 1.00 bits per heavy atom. The topological polar surface area (TPSA) is 68.2 Å². The van der Waals surface area contributed by atoms with E-state index in [9.17, 15) is 17.6 Å². The number of nitrogens with one attached hydrogen (secondary N) is 1. The summed E-state index contributed by atoms with van der Waals surface area (Å²) in [6, 6.07) is 19.8. The summed E-state index contributed by atoms with van der Waals surface area (Å²) >= 11 is 0. The van der Waals surface area contributed by atoms with Crippen molar-refractivity contribution >= 4 is 26.8 Å². The van der Waals surface area contributed by atoms with Gasteiger partial charge in [0.05, 0.1) is 16.0 Å². The van der Waals surface area contributed by atoms with Crippen molar-refractivity contribution in [1.82, 2.24) is 9.29 Å². The van der Waals surface area contributed by atoms with E-state index in [1.807, 2.05) is 19.1 Å². The van der Waals surface area contributed by atoms with E-state index in [0.29, 0.717) is 18.5 Å². The number of carbonyl (C=O) groups is 1. The summed E-state index contributed by atoms with van der Waals surface area (Å²) in [7, 11) is -3.73. The second kappa shape index (κ2) is 8.35. The summed E-state index contributed by atoms with van der Waals surface area (Å²) in [5.41, 5.74) is 2.41. The molecule has 0 spiro atoms. The number of nitrogens with zero attached hydrogens (tertiary/aromatic N) is 1. The van der Waals surface area contributed by atoms with Gasteiger partial charge in [-0.1, -0.05) is 42.0 Å². The second-order valence-electron chi connectivity index (χ2n) is 7.31. The molecular formula is C24H21FN2O3S. The van der Waals surface area contributed by atoms with Crippen LogP contribution in [-0.2, 0) is 16.4 Å². The highest BCUT2D eigenvalue weighted by molar-refractivity contribution is 7.90. The van der Waals surface area contributed by atoms with Gasteiger partial charge in [0, 0.05) is 18.1 Å². The average molecular weight is 437 g/mol. The van der Waals surface area contributed by atoms with Gasteiger partial charge in [-0.3, -0.25) is 4.79 Å². The fourth-order valence-electron chi connectivity index (χ4n) is 3.40. The summed E-state index contributed by atoms with van der Waals surface area (Å²) in [5.74, 6) is -1.05. The number of fused-ring (bicyclic) bond motifs is 1. The fraction of sp³-hybridized carbons (Fsp3) is 0.125. The van der Waals surface area contributed by atoms with E-state index in [4.69, 9.17) is 0 Å². The van der Waals surface area contributed by atoms with E-state index in [0.717, 1.165) is 16.5 Å². The third-order valence-corrected chi connectivity index (χ3v) is 6.82. The van der Waals surface area contributed by atoms with Gasteiger partial charge >= 0.3 is 0 Å². The Morgan fingerprint density at radius 2 is 1.74 bits per heavy atom. The Balaban J connectivity index is 1.54. The van der Waals surface area contributed by atoms with E-state index in [2.05, 4.69) is 5.32 Å². The van der Waals surface area contributed by atoms with Crippen molar-refractivity contribution in [2.45, 2.75) is 18.2 Å². The van der Waals surface area contributed by atoms with Gasteiger partial charge < -0.3 is 5.32 Å². The highest BCUT2D eigenvalue weighted by atomic mass is 32.2. The van der Waals surface area contributed by atoms with Crippen molar-refractivity contribution in [3.05, 3.63) is 102 Å². The lowest BCUT2D eigenvalue weighted by atomic mass is 10.1. The van der Waals surface area contributed by atoms with Crippen molar-refractivity contribution < 1.29 is 17.6 Å². The summed E-state index contributed by atoms with van der Waals surface area (Å²) < 4.78 is 41.2. The van der Waals surface area contributed by atoms with Gasteiger partial charge in [0.25, 0.3) is 15.9 Å². The third-order valence-electron chi connectivity index (χ3n) is 5.12. The Morgan fingerprint density at radius 3 is 2.48 bits per heavy atom. The molecule has 7 heteroatoms. The molecule has 158 valence electrons. The van der Waals surface area contributed by atoms with Crippen LogP contribution in [0.25, 0.3) is 10.9 Å². The first kappa shape index (κ1) is 20.8. The number of hydrogen-bond acceptors (Lipinski definition) is 3. The molecule has 31 heavy (non-hydrogen) atoms. The number of rotatable bonds is 6. The fourth-order valence-corrected chi connectivity index (χ4v) is 4.74. The zero-order valence-corrected chi connectivity index (χ0v) is 17.7. The molecule has 4 aromatic rings. The van der Waals surface area contributed by atoms with Gasteiger partial charge in [0.1, 0.15) is 5.82 Å². The molecule has 0 saturated heterocycles. The largest absolute Gasteiger partial charge is 0.352 e. The average Bonchev–Trinajstić information content (AvgIpc) is 3.18. The molecule has 0 aliphatic heterocycles. The predicted molar refractivity (Wildman–Crippen MR) is 118 cm³/mol. The van der Waals surface area contributed by atoms with Crippen LogP contribution in [0.3, 0.4) is 0 Å². The molecular weight excluding hydrogens is 415 g/mol. The third kappa shape index (κ3) is 4.22. The van der Waals surface area contributed by atoms with E-state index in [-0.39, 0.29) is 10.5 Å². The Labute approximate surface area is 180 Å². The minimum absolute atomic E-state index is 0.00369. The lowest BCUT2D eigenvalue weighted by molar-refractivity contribution is 0.0950. The normalized spacial score (nSPS) is 11.5. The van der Waals surface area contributed by atoms with E-state index < -0.39 is 21.7 Å². The van der Waals surface area contributed by atoms with E-state index in [1.54, 1.807) is 48.7 Å². The molecule has 0 radical (unpaired) electrons. The smallest absolute Gasteiger partial charge is 0.268 e. The first-order chi connectivity index (χ1) is 14.9. The number of aryl methyl sites for hydroxylation is 1. The highest BCUT2D eigenvalue weighted by Crippen LogP contribution is 2.24. The highest BCUT2D eigenvalue weighted by Gasteiger charge is 2.19. The summed E-state index contributed by atoms with van der Waals surface area (Å²) in [5, 5.41) is 3.50. The first-order valence-corrected chi connectivity index (χ1v) is 11.3. The number of aromatic nitrogens is 1. The molecule has 0 fully saturated rings. The SMILES string of the molecule is Cc1ccc(S(=O)(=O)n2ccc3ccc(CCNC(=O)c4ccccc4F)cc32)cc1. The van der Waals surface area contributed by atoms with Crippen molar-refractivity contribution in [2.24, 2.45) is 0 Å². The zero-order chi connectivity index (χ0) is 22.0. The maximum Gasteiger partial charge on any atom is 0.268 e. The Kier molecular flexibility index (Phi) is 5.61. The summed E-state index contributed by atoms with van der Waals surface area (Å²) in [4.78, 5) is 12.4. The van der Waals surface area contributed by atoms with Crippen LogP contribution in [0, 0.1) is 12.7 Å². The molecule has 0 atom stereocenters. The molecule has 3 aromatic carbocycles. The number of carbonyl (C=O) groups excluding carboxylic acids is 1. The van der Waals surface area contributed by atoms with Crippen LogP contribution in [0.4, 0.5) is 4.39 Å². The molecule has 1 N–H and O–H groups in total. The van der Waals surface area contributed by atoms with Gasteiger partial charge in [-0.25, -0.2) is 16.8 Å². The van der Waals surface area contributed by atoms with Gasteiger partial charge in [0.15, 0.2) is 0 Å². The van der Waals surface area contributed by atoms with Crippen LogP contribution >= 0.6 is 0 Å². The molecule has 4 rings (SSSR count). The van der Waals surface area contributed by atoms with Crippen LogP contribution in [0.15, 0.2) is 83.9 Å². The van der Waals surface area contributed by atoms with Crippen LogP contribution in [0.1, 0.15) is 21.5 Å². The molecule has 1 heterocycles. The van der Waals surface area contributed by atoms with Crippen molar-refractivity contribution in [3.63, 3.8) is 0 Å². The molecule has 0 unspecified atom stereocenters. The lowest BCUT2D eigenvalue weighted by Crippen LogP contribution is -2.26. The van der Waals surface area contributed by atoms with Gasteiger partial charge in [-0.15, -0.1) is 0 Å². The van der Waals surface area contributed by atoms with Gasteiger partial charge in [-0.2, -0.15) is 0 Å². The van der Waals surface area contributed by atoms with Crippen molar-refractivity contribution in [2.75, 3.05) is 6.54 Å². The molecule has 0 aliphatic rings. The lowest BCUT2D eigenvalue weighted by Gasteiger charge is -2.10. The number of benzene rings is 3. The van der Waals surface area contributed by atoms with Gasteiger partial charge in [-0.05, 0) is 55.3 Å². The molecule has 0 bridgehead atoms. The minimum Gasteiger partial charge on any atom is -0.352 e. The van der Waals surface area contributed by atoms with Crippen LogP contribution in [0.2, 0.25) is 0 Å². The molecule has 0 saturated carbocycles. The molecule has 1 aromatic heterocycles. The van der Waals surface area contributed by atoms with E-state index in [1.165, 1.54) is 22.2 Å². The molecule has 1 amide bonds.